The van der Waals surface area contributed by atoms with E-state index < -0.39 is 0 Å². The number of nitrogens with two attached hydrogens (primary N) is 1. The number of rotatable bonds is 4. The molecule has 6 heteroatoms. The molecule has 1 aromatic rings. The van der Waals surface area contributed by atoms with Gasteiger partial charge in [-0.1, -0.05) is 6.07 Å². The molecule has 0 unspecified atom stereocenters. The second kappa shape index (κ2) is 6.16. The third-order valence-corrected chi connectivity index (χ3v) is 4.44. The molecule has 0 bridgehead atoms. The van der Waals surface area contributed by atoms with Gasteiger partial charge in [-0.3, -0.25) is 14.5 Å². The molecule has 1 atom stereocenters. The van der Waals surface area contributed by atoms with Crippen LogP contribution in [0.2, 0.25) is 0 Å². The van der Waals surface area contributed by atoms with Gasteiger partial charge in [0, 0.05) is 19.1 Å². The third-order valence-electron chi connectivity index (χ3n) is 3.57. The fourth-order valence-corrected chi connectivity index (χ4v) is 2.90. The summed E-state index contributed by atoms with van der Waals surface area (Å²) in [7, 11) is 0. The minimum atomic E-state index is -0.291. The number of hydrogen-bond donors (Lipinski definition) is 2. The van der Waals surface area contributed by atoms with Crippen LogP contribution in [0.3, 0.4) is 0 Å². The molecule has 1 aliphatic rings. The summed E-state index contributed by atoms with van der Waals surface area (Å²) in [6.07, 6.45) is 1.71. The van der Waals surface area contributed by atoms with Gasteiger partial charge in [0.1, 0.15) is 0 Å². The normalized spacial score (nSPS) is 19.0. The lowest BCUT2D eigenvalue weighted by atomic mass is 10.0. The van der Waals surface area contributed by atoms with Gasteiger partial charge in [-0.15, -0.1) is 11.3 Å². The van der Waals surface area contributed by atoms with Gasteiger partial charge in [0.2, 0.25) is 5.91 Å². The Kier molecular flexibility index (Phi) is 4.55. The number of piperidine rings is 1. The molecule has 1 fully saturated rings. The number of carbonyl (C=O) groups excluding carboxylic acids is 2. The number of carbonyl (C=O) groups is 2. The Morgan fingerprint density at radius 3 is 2.68 bits per heavy atom. The third kappa shape index (κ3) is 3.54. The standard InChI is InChI=1S/C13H19N3O2S/c1-9(12(14)17)16-6-4-10(5-7-16)15-13(18)11-3-2-8-19-11/h2-3,8-10H,4-7H2,1H3,(H2,14,17)(H,15,18)/t9-/m0/s1. The zero-order valence-electron chi connectivity index (χ0n) is 11.0. The Balaban J connectivity index is 1.81. The molecule has 0 spiro atoms. The first-order valence-electron chi connectivity index (χ1n) is 6.45. The highest BCUT2D eigenvalue weighted by molar-refractivity contribution is 7.12. The van der Waals surface area contributed by atoms with Crippen LogP contribution in [0.1, 0.15) is 29.4 Å². The van der Waals surface area contributed by atoms with Crippen LogP contribution < -0.4 is 11.1 Å². The van der Waals surface area contributed by atoms with E-state index in [0.717, 1.165) is 30.8 Å². The maximum atomic E-state index is 11.9. The molecular formula is C13H19N3O2S. The highest BCUT2D eigenvalue weighted by atomic mass is 32.1. The topological polar surface area (TPSA) is 75.4 Å². The van der Waals surface area contributed by atoms with Gasteiger partial charge in [-0.2, -0.15) is 0 Å². The van der Waals surface area contributed by atoms with E-state index in [0.29, 0.717) is 0 Å². The molecule has 0 radical (unpaired) electrons. The molecule has 1 aromatic heterocycles. The van der Waals surface area contributed by atoms with Crippen LogP contribution in [-0.4, -0.2) is 41.9 Å². The maximum absolute atomic E-state index is 11.9. The van der Waals surface area contributed by atoms with Gasteiger partial charge in [0.05, 0.1) is 10.9 Å². The van der Waals surface area contributed by atoms with E-state index in [1.807, 2.05) is 24.4 Å². The van der Waals surface area contributed by atoms with Gasteiger partial charge in [0.25, 0.3) is 5.91 Å². The maximum Gasteiger partial charge on any atom is 0.261 e. The van der Waals surface area contributed by atoms with Crippen LogP contribution in [0.25, 0.3) is 0 Å². The van der Waals surface area contributed by atoms with Crippen LogP contribution in [-0.2, 0) is 4.79 Å². The summed E-state index contributed by atoms with van der Waals surface area (Å²) in [5.74, 6) is -0.294. The van der Waals surface area contributed by atoms with E-state index in [1.165, 1.54) is 11.3 Å². The predicted molar refractivity (Wildman–Crippen MR) is 75.0 cm³/mol. The van der Waals surface area contributed by atoms with Crippen LogP contribution >= 0.6 is 11.3 Å². The molecule has 19 heavy (non-hydrogen) atoms. The first-order chi connectivity index (χ1) is 9.08. The molecule has 1 saturated heterocycles. The number of primary amides is 1. The molecular weight excluding hydrogens is 262 g/mol. The van der Waals surface area contributed by atoms with E-state index >= 15 is 0 Å². The Bertz CT molecular complexity index is 439. The Morgan fingerprint density at radius 2 is 2.16 bits per heavy atom. The van der Waals surface area contributed by atoms with Gasteiger partial charge in [-0.25, -0.2) is 0 Å². The first kappa shape index (κ1) is 14.0. The van der Waals surface area contributed by atoms with Crippen molar-refractivity contribution < 1.29 is 9.59 Å². The quantitative estimate of drug-likeness (QED) is 0.858. The highest BCUT2D eigenvalue weighted by Crippen LogP contribution is 2.15. The minimum Gasteiger partial charge on any atom is -0.368 e. The van der Waals surface area contributed by atoms with E-state index in [2.05, 4.69) is 10.2 Å². The summed E-state index contributed by atoms with van der Waals surface area (Å²) in [5.41, 5.74) is 5.30. The van der Waals surface area contributed by atoms with E-state index in [9.17, 15) is 9.59 Å². The number of amides is 2. The lowest BCUT2D eigenvalue weighted by Gasteiger charge is -2.34. The molecule has 2 amide bonds. The summed E-state index contributed by atoms with van der Waals surface area (Å²) in [6, 6.07) is 3.65. The van der Waals surface area contributed by atoms with Crippen molar-refractivity contribution in [2.75, 3.05) is 13.1 Å². The largest absolute Gasteiger partial charge is 0.368 e. The van der Waals surface area contributed by atoms with Crippen molar-refractivity contribution in [3.05, 3.63) is 22.4 Å². The fraction of sp³-hybridized carbons (Fsp3) is 0.538. The molecule has 3 N–H and O–H groups in total. The Labute approximate surface area is 116 Å². The summed E-state index contributed by atoms with van der Waals surface area (Å²) >= 11 is 1.45. The molecule has 0 saturated carbocycles. The van der Waals surface area contributed by atoms with Crippen LogP contribution in [0.5, 0.6) is 0 Å². The first-order valence-corrected chi connectivity index (χ1v) is 7.33. The average Bonchev–Trinajstić information content (AvgIpc) is 2.92. The summed E-state index contributed by atoms with van der Waals surface area (Å²) in [4.78, 5) is 25.8. The smallest absolute Gasteiger partial charge is 0.261 e. The van der Waals surface area contributed by atoms with Gasteiger partial charge in [0.15, 0.2) is 0 Å². The second-order valence-electron chi connectivity index (χ2n) is 4.84. The molecule has 104 valence electrons. The van der Waals surface area contributed by atoms with Crippen LogP contribution in [0.15, 0.2) is 17.5 Å². The van der Waals surface area contributed by atoms with Gasteiger partial charge < -0.3 is 11.1 Å². The van der Waals surface area contributed by atoms with Crippen molar-refractivity contribution in [1.29, 1.82) is 0 Å². The lowest BCUT2D eigenvalue weighted by molar-refractivity contribution is -0.123. The molecule has 2 rings (SSSR count). The number of likely N-dealkylation sites (tertiary alicyclic amines) is 1. The van der Waals surface area contributed by atoms with Crippen molar-refractivity contribution in [2.24, 2.45) is 5.73 Å². The van der Waals surface area contributed by atoms with Gasteiger partial charge in [-0.05, 0) is 31.2 Å². The molecule has 1 aliphatic heterocycles. The number of nitrogens with one attached hydrogen (secondary N) is 1. The minimum absolute atomic E-state index is 0.00333. The number of nitrogens with zero attached hydrogens (tertiary/aromatic N) is 1. The van der Waals surface area contributed by atoms with E-state index in [1.54, 1.807) is 0 Å². The summed E-state index contributed by atoms with van der Waals surface area (Å²) in [5, 5.41) is 4.93. The van der Waals surface area contributed by atoms with Crippen molar-refractivity contribution in [1.82, 2.24) is 10.2 Å². The lowest BCUT2D eigenvalue weighted by Crippen LogP contribution is -2.50. The average molecular weight is 281 g/mol. The monoisotopic (exact) mass is 281 g/mol. The predicted octanol–water partition coefficient (Wildman–Crippen LogP) is 0.816. The highest BCUT2D eigenvalue weighted by Gasteiger charge is 2.26. The zero-order chi connectivity index (χ0) is 13.8. The fourth-order valence-electron chi connectivity index (χ4n) is 2.28. The summed E-state index contributed by atoms with van der Waals surface area (Å²) < 4.78 is 0. The van der Waals surface area contributed by atoms with E-state index in [4.69, 9.17) is 5.73 Å². The molecule has 0 aliphatic carbocycles. The Hall–Kier alpha value is -1.40. The molecule has 2 heterocycles. The SMILES string of the molecule is C[C@@H](C(N)=O)N1CCC(NC(=O)c2cccs2)CC1. The van der Waals surface area contributed by atoms with Crippen LogP contribution in [0.4, 0.5) is 0 Å². The van der Waals surface area contributed by atoms with Crippen LogP contribution in [0, 0.1) is 0 Å². The van der Waals surface area contributed by atoms with Crippen molar-refractivity contribution in [3.63, 3.8) is 0 Å². The van der Waals surface area contributed by atoms with Crippen molar-refractivity contribution in [2.45, 2.75) is 31.8 Å². The van der Waals surface area contributed by atoms with Crippen molar-refractivity contribution in [3.8, 4) is 0 Å². The number of hydrogen-bond acceptors (Lipinski definition) is 4. The van der Waals surface area contributed by atoms with Gasteiger partial charge >= 0.3 is 0 Å². The molecule has 5 nitrogen and oxygen atoms in total. The summed E-state index contributed by atoms with van der Waals surface area (Å²) in [6.45, 7) is 3.41. The number of thiophene rings is 1. The second-order valence-corrected chi connectivity index (χ2v) is 5.79. The Morgan fingerprint density at radius 1 is 1.47 bits per heavy atom. The zero-order valence-corrected chi connectivity index (χ0v) is 11.8. The molecule has 0 aromatic carbocycles. The van der Waals surface area contributed by atoms with E-state index in [-0.39, 0.29) is 23.9 Å². The van der Waals surface area contributed by atoms with Crippen molar-refractivity contribution >= 4 is 23.2 Å².